The molecule has 24 nitrogen and oxygen atoms in total. The Morgan fingerprint density at radius 3 is 0.520 bits per heavy atom. The minimum Gasteiger partial charge on any atom is -0.418 e. The van der Waals surface area contributed by atoms with Gasteiger partial charge in [-0.1, -0.05) is 168 Å². The normalized spacial score (nSPS) is 10.2. The maximum absolute atomic E-state index is 12.3. The average Bonchev–Trinajstić information content (AvgIpc) is 0.838. The fourth-order valence-corrected chi connectivity index (χ4v) is 11.5. The molecule has 0 bridgehead atoms. The summed E-state index contributed by atoms with van der Waals surface area (Å²) in [6.45, 7) is 7.55. The molecule has 0 saturated heterocycles. The maximum Gasteiger partial charge on any atom is 3.00 e. The molecule has 0 spiro atoms. The van der Waals surface area contributed by atoms with Gasteiger partial charge in [-0.3, -0.25) is 0 Å². The number of alkyl halides is 10. The van der Waals surface area contributed by atoms with Gasteiger partial charge in [-0.15, -0.1) is 116 Å². The van der Waals surface area contributed by atoms with Crippen LogP contribution in [0, 0.1) is 27.7 Å². The first-order valence-corrected chi connectivity index (χ1v) is 45.8. The average molecular weight is 2170 g/mol. The number of aromatic nitrogens is 8. The van der Waals surface area contributed by atoms with Crippen molar-refractivity contribution >= 4 is 233 Å². The summed E-state index contributed by atoms with van der Waals surface area (Å²) in [5.41, 5.74) is 3.90. The third-order valence-electron chi connectivity index (χ3n) is 12.9. The zero-order valence-corrected chi connectivity index (χ0v) is 80.4. The zero-order chi connectivity index (χ0) is 89.5. The van der Waals surface area contributed by atoms with Crippen LogP contribution in [-0.2, 0) is 106 Å². The van der Waals surface area contributed by atoms with Crippen LogP contribution < -0.4 is 0 Å². The molecule has 4 aromatic carbocycles. The van der Waals surface area contributed by atoms with E-state index >= 15 is 0 Å². The Kier molecular flexibility index (Phi) is 64.5. The monoisotopic (exact) mass is 2160 g/mol. The second-order valence-electron chi connectivity index (χ2n) is 22.5. The van der Waals surface area contributed by atoms with E-state index in [-0.39, 0.29) is 109 Å². The number of hydrogen-bond donors (Lipinski definition) is 0. The Bertz CT molecular complexity index is 4720. The summed E-state index contributed by atoms with van der Waals surface area (Å²) >= 11 is 50.5. The van der Waals surface area contributed by atoms with Crippen LogP contribution in [0.4, 0.5) is 87.1 Å². The van der Waals surface area contributed by atoms with Crippen LogP contribution in [0.25, 0.3) is 40.2 Å². The van der Waals surface area contributed by atoms with Crippen molar-refractivity contribution < 1.29 is 117 Å². The summed E-state index contributed by atoms with van der Waals surface area (Å²) in [6.07, 6.45) is 6.48. The summed E-state index contributed by atoms with van der Waals surface area (Å²) < 4.78 is 153. The van der Waals surface area contributed by atoms with Gasteiger partial charge in [-0.25, -0.2) is 33.7 Å². The number of benzene rings is 4. The van der Waals surface area contributed by atoms with E-state index in [1.54, 1.807) is 170 Å². The molecule has 12 aromatic rings. The molecule has 8 heterocycles. The molecule has 681 valence electrons. The van der Waals surface area contributed by atoms with Crippen molar-refractivity contribution in [2.75, 3.05) is 58.8 Å². The van der Waals surface area contributed by atoms with Crippen LogP contribution >= 0.6 is 116 Å². The first-order valence-electron chi connectivity index (χ1n) is 34.7. The SMILES string of the molecule is Cc1ccc(S(=O)(=O)[N-]c2cccc([N-]c3ccccn3)n2)cc1.Cc1ccc(S(=O)(=O)[N-]c2cccc([N-]c3ccccn3)n2)cc1.Cc1ccc(S(=O)(=O)[N-]c2cccc([N-]c3ccccn3)n2)cc1.Cc1ccc(S(=O)(=O)[N-]c2cccc([N-]c3ccccn3)n2)cc1.ClCCCl.ClCCCl.ClCCCl.ClCCCl.ClCCCl.F[B-](F)(F)F.[Ni+2].[Ni+2].[Ni+2].[Ni+3]. The second-order valence-corrected chi connectivity index (χ2v) is 32.7. The van der Waals surface area contributed by atoms with Gasteiger partial charge in [0.05, 0.1) is 19.6 Å². The number of rotatable bonds is 25. The van der Waals surface area contributed by atoms with Crippen LogP contribution in [0.15, 0.2) is 287 Å². The predicted octanol–water partition coefficient (Wildman–Crippen LogP) is 26.7. The standard InChI is InChI=1S/4C17H14N4O2S.5C2H4Cl2.BF4.4Ni/c4*1-13-8-10-14(11-9-13)24(22,23)21-17-7-4-6-16(20-17)19-15-5-2-3-12-18-15;5*3-1-2-4;2-1(3,4)5;;;;/h4*2-12H,1H3;5*1-2H2;;;;;/q4*-2;;;;;;-1;3*+2;+3. The predicted molar refractivity (Wildman–Crippen MR) is 488 cm³/mol. The Balaban J connectivity index is 0. The summed E-state index contributed by atoms with van der Waals surface area (Å²) in [5, 5.41) is 17.0. The van der Waals surface area contributed by atoms with Gasteiger partial charge in [-0.2, -0.15) is 0 Å². The topological polar surface area (TPSA) is 352 Å². The number of hydrogen-bond acceptors (Lipinski definition) is 16. The van der Waals surface area contributed by atoms with E-state index in [1.807, 2.05) is 52.0 Å². The van der Waals surface area contributed by atoms with Crippen molar-refractivity contribution in [3.05, 3.63) is 330 Å². The van der Waals surface area contributed by atoms with E-state index in [9.17, 15) is 50.9 Å². The molecule has 0 N–H and O–H groups in total. The van der Waals surface area contributed by atoms with Crippen LogP contribution in [-0.4, -0.2) is 140 Å². The van der Waals surface area contributed by atoms with Crippen molar-refractivity contribution in [2.45, 2.75) is 47.3 Å². The Morgan fingerprint density at radius 2 is 0.384 bits per heavy atom. The van der Waals surface area contributed by atoms with Crippen molar-refractivity contribution in [1.82, 2.24) is 39.9 Å². The quantitative estimate of drug-likeness (QED) is 0.0291. The van der Waals surface area contributed by atoms with Crippen LogP contribution in [0.1, 0.15) is 22.3 Å². The van der Waals surface area contributed by atoms with E-state index in [2.05, 4.69) is 80.0 Å². The Hall–Kier alpha value is -7.06. The minimum absolute atomic E-state index is 0. The molecule has 47 heteroatoms. The number of sulfonamides is 4. The molecule has 0 saturated carbocycles. The minimum atomic E-state index is -6.00. The van der Waals surface area contributed by atoms with Crippen molar-refractivity contribution in [1.29, 1.82) is 0 Å². The second kappa shape index (κ2) is 67.2. The van der Waals surface area contributed by atoms with Crippen molar-refractivity contribution in [3.63, 3.8) is 0 Å². The van der Waals surface area contributed by atoms with E-state index in [1.165, 1.54) is 72.8 Å². The molecule has 0 atom stereocenters. The Morgan fingerprint density at radius 1 is 0.240 bits per heavy atom. The third-order valence-corrected chi connectivity index (χ3v) is 20.9. The number of aryl methyl sites for hydroxylation is 4. The van der Waals surface area contributed by atoms with Crippen molar-refractivity contribution in [3.8, 4) is 0 Å². The molecule has 8 aromatic heterocycles. The van der Waals surface area contributed by atoms with Gasteiger partial charge in [0, 0.05) is 105 Å². The largest absolute Gasteiger partial charge is 3.00 e. The van der Waals surface area contributed by atoms with Crippen LogP contribution in [0.3, 0.4) is 0 Å². The van der Waals surface area contributed by atoms with Gasteiger partial charge in [0.2, 0.25) is 40.1 Å². The number of pyridine rings is 8. The summed E-state index contributed by atoms with van der Waals surface area (Å²) in [4.78, 5) is 33.4. The van der Waals surface area contributed by atoms with E-state index in [0.29, 0.717) is 105 Å². The van der Waals surface area contributed by atoms with Crippen LogP contribution in [0.2, 0.25) is 0 Å². The maximum atomic E-state index is 12.3. The third kappa shape index (κ3) is 53.5. The molecule has 0 aliphatic rings. The molecule has 0 aliphatic heterocycles. The molecule has 12 rings (SSSR count). The molecule has 0 unspecified atom stereocenters. The van der Waals surface area contributed by atoms with Gasteiger partial charge in [0.15, 0.2) is 0 Å². The van der Waals surface area contributed by atoms with Crippen LogP contribution in [0.5, 0.6) is 0 Å². The van der Waals surface area contributed by atoms with E-state index in [0.717, 1.165) is 22.3 Å². The van der Waals surface area contributed by atoms with Gasteiger partial charge in [-0.05, 0) is 173 Å². The fourth-order valence-electron chi connectivity index (χ4n) is 7.79. The van der Waals surface area contributed by atoms with Gasteiger partial charge >= 0.3 is 73.2 Å². The first-order chi connectivity index (χ1) is 57.7. The summed E-state index contributed by atoms with van der Waals surface area (Å²) in [7, 11) is -21.3. The van der Waals surface area contributed by atoms with E-state index < -0.39 is 47.3 Å². The zero-order valence-electron chi connectivity index (χ0n) is 65.7. The molecule has 0 fully saturated rings. The Labute approximate surface area is 817 Å². The summed E-state index contributed by atoms with van der Waals surface area (Å²) in [5.74, 6) is 9.20. The molecular weight excluding hydrogens is 2090 g/mol. The molecule has 1 radical (unpaired) electrons. The summed E-state index contributed by atoms with van der Waals surface area (Å²) in [6, 6.07) is 66.6. The molecular formula is C78H76BCl10F4N16Ni4O8S4. The number of nitrogens with zero attached hydrogens (tertiary/aromatic N) is 16. The molecule has 0 amide bonds. The van der Waals surface area contributed by atoms with Crippen molar-refractivity contribution in [2.24, 2.45) is 0 Å². The molecule has 0 aliphatic carbocycles. The van der Waals surface area contributed by atoms with Gasteiger partial charge < -0.3 is 97.3 Å². The fraction of sp³-hybridized carbons (Fsp3) is 0.179. The smallest absolute Gasteiger partial charge is 0.418 e. The van der Waals surface area contributed by atoms with E-state index in [4.69, 9.17) is 116 Å². The first kappa shape index (κ1) is 120. The van der Waals surface area contributed by atoms with Gasteiger partial charge in [0.1, 0.15) is 0 Å². The number of halogens is 14. The van der Waals surface area contributed by atoms with Gasteiger partial charge in [0.25, 0.3) is 0 Å². The molecule has 125 heavy (non-hydrogen) atoms.